The number of hydrogen-bond acceptors (Lipinski definition) is 4. The van der Waals surface area contributed by atoms with Crippen LogP contribution >= 0.6 is 11.8 Å². The zero-order valence-electron chi connectivity index (χ0n) is 17.9. The smallest absolute Gasteiger partial charge is 0.234 e. The second kappa shape index (κ2) is 9.39. The third-order valence-corrected chi connectivity index (χ3v) is 8.01. The van der Waals surface area contributed by atoms with Crippen LogP contribution < -0.4 is 5.32 Å². The molecule has 0 bridgehead atoms. The van der Waals surface area contributed by atoms with E-state index in [1.807, 2.05) is 31.2 Å². The molecule has 0 radical (unpaired) electrons. The number of anilines is 1. The van der Waals surface area contributed by atoms with E-state index >= 15 is 0 Å². The minimum absolute atomic E-state index is 0.0352. The topological polar surface area (TPSA) is 65.2 Å². The van der Waals surface area contributed by atoms with Gasteiger partial charge in [-0.25, -0.2) is 4.99 Å². The lowest BCUT2D eigenvalue weighted by atomic mass is 9.60. The third kappa shape index (κ3) is 4.21. The highest BCUT2D eigenvalue weighted by Crippen LogP contribution is 2.55. The Morgan fingerprint density at radius 1 is 1.17 bits per heavy atom. The molecule has 0 aromatic heterocycles. The first-order chi connectivity index (χ1) is 14.6. The van der Waals surface area contributed by atoms with Crippen LogP contribution in [-0.2, 0) is 4.79 Å². The fraction of sp³-hybridized carbons (Fsp3) is 0.560. The molecule has 30 heavy (non-hydrogen) atoms. The van der Waals surface area contributed by atoms with Gasteiger partial charge in [0.15, 0.2) is 0 Å². The number of nitrogens with zero attached hydrogens (tertiary/aromatic N) is 2. The first-order valence-electron chi connectivity index (χ1n) is 11.3. The Bertz CT molecular complexity index is 905. The Balaban J connectivity index is 1.55. The number of aliphatic imine (C=N–C) groups is 1. The molecule has 1 saturated carbocycles. The van der Waals surface area contributed by atoms with E-state index in [9.17, 15) is 10.1 Å². The number of aryl methyl sites for hydroxylation is 1. The molecule has 158 valence electrons. The van der Waals surface area contributed by atoms with E-state index in [0.29, 0.717) is 5.75 Å². The van der Waals surface area contributed by atoms with Crippen molar-refractivity contribution < 1.29 is 4.79 Å². The van der Waals surface area contributed by atoms with Gasteiger partial charge in [0.25, 0.3) is 0 Å². The summed E-state index contributed by atoms with van der Waals surface area (Å²) in [5.74, 6) is 0.0577. The summed E-state index contributed by atoms with van der Waals surface area (Å²) in [5.41, 5.74) is 4.59. The van der Waals surface area contributed by atoms with Crippen molar-refractivity contribution in [1.29, 1.82) is 5.26 Å². The number of benzene rings is 1. The molecule has 1 amide bonds. The lowest BCUT2D eigenvalue weighted by molar-refractivity contribution is -0.113. The number of allylic oxidation sites excluding steroid dienone is 2. The monoisotopic (exact) mass is 421 g/mol. The summed E-state index contributed by atoms with van der Waals surface area (Å²) >= 11 is 1.47. The second-order valence-corrected chi connectivity index (χ2v) is 9.86. The molecule has 1 unspecified atom stereocenters. The molecule has 1 aliphatic heterocycles. The van der Waals surface area contributed by atoms with E-state index in [2.05, 4.69) is 11.4 Å². The Kier molecular flexibility index (Phi) is 6.63. The molecule has 1 fully saturated rings. The van der Waals surface area contributed by atoms with Gasteiger partial charge >= 0.3 is 0 Å². The van der Waals surface area contributed by atoms with Crippen molar-refractivity contribution in [2.75, 3.05) is 11.1 Å². The zero-order valence-corrected chi connectivity index (χ0v) is 18.7. The molecular weight excluding hydrogens is 390 g/mol. The number of carbonyl (C=O) groups is 1. The van der Waals surface area contributed by atoms with Crippen LogP contribution in [0.5, 0.6) is 0 Å². The number of hydrogen-bond donors (Lipinski definition) is 1. The van der Waals surface area contributed by atoms with Gasteiger partial charge in [-0.1, -0.05) is 55.6 Å². The van der Waals surface area contributed by atoms with Crippen LogP contribution in [-0.4, -0.2) is 16.7 Å². The zero-order chi connectivity index (χ0) is 21.0. The molecule has 1 aromatic rings. The van der Waals surface area contributed by atoms with Crippen molar-refractivity contribution in [3.63, 3.8) is 0 Å². The molecule has 1 aromatic carbocycles. The van der Waals surface area contributed by atoms with Crippen LogP contribution in [0, 0.1) is 29.6 Å². The Morgan fingerprint density at radius 2 is 1.90 bits per heavy atom. The normalized spacial score (nSPS) is 23.2. The maximum Gasteiger partial charge on any atom is 0.234 e. The van der Waals surface area contributed by atoms with Gasteiger partial charge in [-0.05, 0) is 62.7 Å². The number of nitriles is 1. The molecule has 2 aliphatic carbocycles. The molecule has 1 heterocycles. The molecule has 4 nitrogen and oxygen atoms in total. The molecule has 5 heteroatoms. The van der Waals surface area contributed by atoms with Gasteiger partial charge < -0.3 is 5.32 Å². The number of para-hydroxylation sites is 1. The highest BCUT2D eigenvalue weighted by atomic mass is 32.2. The maximum absolute atomic E-state index is 12.6. The molecule has 1 atom stereocenters. The Hall–Kier alpha value is -2.06. The average molecular weight is 422 g/mol. The fourth-order valence-electron chi connectivity index (χ4n) is 5.44. The van der Waals surface area contributed by atoms with Crippen LogP contribution in [0.15, 0.2) is 40.5 Å². The summed E-state index contributed by atoms with van der Waals surface area (Å²) in [6.45, 7) is 1.99. The number of nitrogens with one attached hydrogen (secondary N) is 1. The quantitative estimate of drug-likeness (QED) is 0.615. The standard InChI is InChI=1S/C25H31N3OS/c1-18-10-6-7-12-21(18)27-23(29)17-30-24-20(16-26)25(14-8-3-9-15-25)19-11-4-2-5-13-22(19)28-24/h6-7,10,12,20H,2-5,8-9,11,13-15,17H2,1H3,(H,27,29). The number of amides is 1. The largest absolute Gasteiger partial charge is 0.325 e. The van der Waals surface area contributed by atoms with E-state index in [-0.39, 0.29) is 17.2 Å². The van der Waals surface area contributed by atoms with Gasteiger partial charge in [0, 0.05) is 16.8 Å². The Labute approximate surface area is 184 Å². The molecule has 4 rings (SSSR count). The molecule has 3 aliphatic rings. The van der Waals surface area contributed by atoms with Crippen molar-refractivity contribution in [3.8, 4) is 6.07 Å². The predicted molar refractivity (Wildman–Crippen MR) is 124 cm³/mol. The van der Waals surface area contributed by atoms with E-state index in [0.717, 1.165) is 42.0 Å². The summed E-state index contributed by atoms with van der Waals surface area (Å²) in [7, 11) is 0. The van der Waals surface area contributed by atoms with E-state index < -0.39 is 0 Å². The summed E-state index contributed by atoms with van der Waals surface area (Å²) in [5, 5.41) is 14.1. The average Bonchev–Trinajstić information content (AvgIpc) is 3.01. The van der Waals surface area contributed by atoms with Crippen molar-refractivity contribution in [3.05, 3.63) is 41.1 Å². The highest BCUT2D eigenvalue weighted by Gasteiger charge is 2.48. The van der Waals surface area contributed by atoms with Crippen LogP contribution in [0.3, 0.4) is 0 Å². The first kappa shape index (κ1) is 21.2. The third-order valence-electron chi connectivity index (χ3n) is 6.98. The van der Waals surface area contributed by atoms with Crippen LogP contribution in [0.1, 0.15) is 69.8 Å². The number of carbonyl (C=O) groups excluding carboxylic acids is 1. The van der Waals surface area contributed by atoms with E-state index in [4.69, 9.17) is 4.99 Å². The van der Waals surface area contributed by atoms with Crippen molar-refractivity contribution >= 4 is 28.4 Å². The van der Waals surface area contributed by atoms with Gasteiger partial charge in [0.1, 0.15) is 5.92 Å². The maximum atomic E-state index is 12.6. The number of fused-ring (bicyclic) bond motifs is 1. The van der Waals surface area contributed by atoms with E-state index in [1.165, 1.54) is 61.6 Å². The summed E-state index contributed by atoms with van der Waals surface area (Å²) in [6, 6.07) is 10.4. The first-order valence-corrected chi connectivity index (χ1v) is 12.3. The Morgan fingerprint density at radius 3 is 2.67 bits per heavy atom. The van der Waals surface area contributed by atoms with E-state index in [1.54, 1.807) is 0 Å². The number of thioether (sulfide) groups is 1. The molecular formula is C25H31N3OS. The van der Waals surface area contributed by atoms with Gasteiger partial charge in [-0.15, -0.1) is 0 Å². The minimum Gasteiger partial charge on any atom is -0.325 e. The minimum atomic E-state index is -0.203. The van der Waals surface area contributed by atoms with Crippen LogP contribution in [0.2, 0.25) is 0 Å². The molecule has 1 spiro atoms. The predicted octanol–water partition coefficient (Wildman–Crippen LogP) is 6.39. The highest BCUT2D eigenvalue weighted by molar-refractivity contribution is 8.14. The van der Waals surface area contributed by atoms with Gasteiger partial charge in [-0.2, -0.15) is 5.26 Å². The summed E-state index contributed by atoms with van der Waals surface area (Å²) in [6.07, 6.45) is 11.6. The van der Waals surface area contributed by atoms with Crippen molar-refractivity contribution in [2.24, 2.45) is 16.3 Å². The van der Waals surface area contributed by atoms with Crippen molar-refractivity contribution in [2.45, 2.75) is 71.1 Å². The van der Waals surface area contributed by atoms with Gasteiger partial charge in [0.05, 0.1) is 16.9 Å². The summed E-state index contributed by atoms with van der Waals surface area (Å²) in [4.78, 5) is 17.6. The number of rotatable bonds is 3. The van der Waals surface area contributed by atoms with Crippen LogP contribution in [0.25, 0.3) is 0 Å². The van der Waals surface area contributed by atoms with Gasteiger partial charge in [-0.3, -0.25) is 4.79 Å². The SMILES string of the molecule is Cc1ccccc1NC(=O)CSC1=NC2=C(CCCCC2)C2(CCCCC2)C1C#N. The molecule has 0 saturated heterocycles. The fourth-order valence-corrected chi connectivity index (χ4v) is 6.41. The van der Waals surface area contributed by atoms with Gasteiger partial charge in [0.2, 0.25) is 5.91 Å². The molecule has 1 N–H and O–H groups in total. The van der Waals surface area contributed by atoms with Crippen molar-refractivity contribution in [1.82, 2.24) is 0 Å². The van der Waals surface area contributed by atoms with Crippen LogP contribution in [0.4, 0.5) is 5.69 Å². The second-order valence-electron chi connectivity index (χ2n) is 8.87. The lowest BCUT2D eigenvalue weighted by Gasteiger charge is -2.46. The lowest BCUT2D eigenvalue weighted by Crippen LogP contribution is -2.41. The summed E-state index contributed by atoms with van der Waals surface area (Å²) < 4.78 is 0.